The molecule has 0 aliphatic carbocycles. The van der Waals surface area contributed by atoms with Crippen LogP contribution < -0.4 is 14.8 Å². The second-order valence-electron chi connectivity index (χ2n) is 6.72. The van der Waals surface area contributed by atoms with Crippen LogP contribution in [-0.2, 0) is 16.0 Å². The number of aliphatic hydroxyl groups excluding tert-OH is 1. The number of aromatic hydroxyl groups is 1. The molecule has 3 N–H and O–H groups in total. The van der Waals surface area contributed by atoms with Crippen LogP contribution in [0.2, 0.25) is 5.02 Å². The van der Waals surface area contributed by atoms with E-state index in [1.54, 1.807) is 50.4 Å². The molecule has 0 aliphatic rings. The van der Waals surface area contributed by atoms with Gasteiger partial charge in [-0.25, -0.2) is 4.79 Å². The van der Waals surface area contributed by atoms with Crippen molar-refractivity contribution in [1.29, 1.82) is 0 Å². The van der Waals surface area contributed by atoms with Crippen LogP contribution in [-0.4, -0.2) is 49.1 Å². The Morgan fingerprint density at radius 3 is 2.53 bits per heavy atom. The van der Waals surface area contributed by atoms with Gasteiger partial charge in [0.1, 0.15) is 17.2 Å². The topological polar surface area (TPSA) is 97.3 Å². The smallest absolute Gasteiger partial charge is 0.344 e. The number of nitrogens with one attached hydrogen (secondary N) is 1. The third-order valence-electron chi connectivity index (χ3n) is 4.55. The van der Waals surface area contributed by atoms with Gasteiger partial charge >= 0.3 is 5.97 Å². The molecule has 7 nitrogen and oxygen atoms in total. The largest absolute Gasteiger partial charge is 0.508 e. The lowest BCUT2D eigenvalue weighted by Crippen LogP contribution is -2.33. The van der Waals surface area contributed by atoms with E-state index in [0.29, 0.717) is 29.5 Å². The molecule has 0 radical (unpaired) electrons. The lowest BCUT2D eigenvalue weighted by Gasteiger charge is -2.21. The normalized spacial score (nSPS) is 12.8. The summed E-state index contributed by atoms with van der Waals surface area (Å²) >= 11 is 6.29. The highest BCUT2D eigenvalue weighted by atomic mass is 35.5. The Kier molecular flexibility index (Phi) is 9.23. The average molecular weight is 438 g/mol. The van der Waals surface area contributed by atoms with Crippen molar-refractivity contribution in [2.75, 3.05) is 26.9 Å². The van der Waals surface area contributed by atoms with Crippen molar-refractivity contribution in [3.8, 4) is 17.2 Å². The first-order valence-electron chi connectivity index (χ1n) is 9.70. The second kappa shape index (κ2) is 11.6. The van der Waals surface area contributed by atoms with Crippen molar-refractivity contribution in [1.82, 2.24) is 5.32 Å². The molecule has 8 heteroatoms. The molecule has 0 amide bonds. The number of esters is 1. The minimum absolute atomic E-state index is 0.158. The first-order chi connectivity index (χ1) is 14.3. The fourth-order valence-corrected chi connectivity index (χ4v) is 3.16. The number of phenolic OH excluding ortho intramolecular Hbond substituents is 1. The fourth-order valence-electron chi connectivity index (χ4n) is 2.92. The predicted molar refractivity (Wildman–Crippen MR) is 114 cm³/mol. The average Bonchev–Trinajstić information content (AvgIpc) is 2.73. The Hall–Kier alpha value is -2.48. The van der Waals surface area contributed by atoms with E-state index in [0.717, 1.165) is 11.1 Å². The zero-order valence-electron chi connectivity index (χ0n) is 17.4. The number of carbonyl (C=O) groups is 1. The third-order valence-corrected chi connectivity index (χ3v) is 4.85. The summed E-state index contributed by atoms with van der Waals surface area (Å²) in [5.41, 5.74) is 1.58. The van der Waals surface area contributed by atoms with Gasteiger partial charge in [0, 0.05) is 12.1 Å². The van der Waals surface area contributed by atoms with E-state index in [4.69, 9.17) is 25.8 Å². The third kappa shape index (κ3) is 6.79. The van der Waals surface area contributed by atoms with Crippen LogP contribution in [0.25, 0.3) is 0 Å². The van der Waals surface area contributed by atoms with Gasteiger partial charge in [-0.3, -0.25) is 0 Å². The van der Waals surface area contributed by atoms with E-state index in [-0.39, 0.29) is 25.0 Å². The van der Waals surface area contributed by atoms with Crippen molar-refractivity contribution in [2.24, 2.45) is 0 Å². The van der Waals surface area contributed by atoms with E-state index in [2.05, 4.69) is 5.32 Å². The number of carbonyl (C=O) groups excluding carboxylic acids is 1. The number of hydrogen-bond acceptors (Lipinski definition) is 7. The number of aliphatic hydroxyl groups is 1. The van der Waals surface area contributed by atoms with Gasteiger partial charge in [-0.1, -0.05) is 23.7 Å². The number of rotatable bonds is 11. The highest BCUT2D eigenvalue weighted by Crippen LogP contribution is 2.33. The molecule has 30 heavy (non-hydrogen) atoms. The molecule has 0 bridgehead atoms. The number of benzene rings is 2. The summed E-state index contributed by atoms with van der Waals surface area (Å²) in [6.07, 6.45) is -0.108. The van der Waals surface area contributed by atoms with Crippen LogP contribution in [0.4, 0.5) is 0 Å². The molecular weight excluding hydrogens is 410 g/mol. The van der Waals surface area contributed by atoms with E-state index in [1.807, 2.05) is 6.92 Å². The van der Waals surface area contributed by atoms with E-state index in [1.165, 1.54) is 0 Å². The highest BCUT2D eigenvalue weighted by molar-refractivity contribution is 6.32. The van der Waals surface area contributed by atoms with Gasteiger partial charge in [-0.05, 0) is 56.1 Å². The van der Waals surface area contributed by atoms with Gasteiger partial charge in [-0.2, -0.15) is 0 Å². The molecular formula is C22H28ClNO6. The van der Waals surface area contributed by atoms with Gasteiger partial charge in [0.05, 0.1) is 24.8 Å². The highest BCUT2D eigenvalue weighted by Gasteiger charge is 2.17. The van der Waals surface area contributed by atoms with Crippen molar-refractivity contribution in [3.63, 3.8) is 0 Å². The SMILES string of the molecule is CCOC(=O)COc1cc(OC)c(CCN[C@@H](C)[C@H](O)c2ccc(O)cc2)cc1Cl. The summed E-state index contributed by atoms with van der Waals surface area (Å²) in [5, 5.41) is 23.5. The van der Waals surface area contributed by atoms with Crippen molar-refractivity contribution >= 4 is 17.6 Å². The molecule has 0 fully saturated rings. The van der Waals surface area contributed by atoms with Gasteiger partial charge in [0.25, 0.3) is 0 Å². The monoisotopic (exact) mass is 437 g/mol. The molecule has 0 saturated heterocycles. The maximum Gasteiger partial charge on any atom is 0.344 e. The van der Waals surface area contributed by atoms with Crippen LogP contribution in [0.3, 0.4) is 0 Å². The minimum Gasteiger partial charge on any atom is -0.508 e. The first-order valence-corrected chi connectivity index (χ1v) is 10.1. The Balaban J connectivity index is 1.94. The molecule has 164 valence electrons. The summed E-state index contributed by atoms with van der Waals surface area (Å²) in [6, 6.07) is 9.65. The van der Waals surface area contributed by atoms with Crippen LogP contribution in [0.1, 0.15) is 31.1 Å². The Labute approximate surface area is 181 Å². The first kappa shape index (κ1) is 23.8. The van der Waals surface area contributed by atoms with Crippen LogP contribution in [0.15, 0.2) is 36.4 Å². The Morgan fingerprint density at radius 2 is 1.90 bits per heavy atom. The minimum atomic E-state index is -0.713. The molecule has 2 rings (SSSR count). The van der Waals surface area contributed by atoms with Crippen LogP contribution in [0, 0.1) is 0 Å². The maximum atomic E-state index is 11.5. The van der Waals surface area contributed by atoms with Gasteiger partial charge in [0.2, 0.25) is 0 Å². The summed E-state index contributed by atoms with van der Waals surface area (Å²) < 4.78 is 15.7. The number of methoxy groups -OCH3 is 1. The van der Waals surface area contributed by atoms with E-state index < -0.39 is 12.1 Å². The number of halogens is 1. The lowest BCUT2D eigenvalue weighted by atomic mass is 10.0. The quantitative estimate of drug-likeness (QED) is 0.464. The van der Waals surface area contributed by atoms with Crippen molar-refractivity contribution in [2.45, 2.75) is 32.4 Å². The molecule has 0 aromatic heterocycles. The standard InChI is InChI=1S/C22H28ClNO6/c1-4-29-21(26)13-30-20-12-19(28-3)16(11-18(20)23)9-10-24-14(2)22(27)15-5-7-17(25)8-6-15/h5-8,11-12,14,22,24-25,27H,4,9-10,13H2,1-3H3/t14-,22-/m0/s1. The van der Waals surface area contributed by atoms with E-state index >= 15 is 0 Å². The summed E-state index contributed by atoms with van der Waals surface area (Å²) in [6.45, 7) is 4.23. The molecule has 0 spiro atoms. The van der Waals surface area contributed by atoms with Crippen LogP contribution in [0.5, 0.6) is 17.2 Å². The zero-order valence-corrected chi connectivity index (χ0v) is 18.1. The van der Waals surface area contributed by atoms with Gasteiger partial charge in [0.15, 0.2) is 6.61 Å². The molecule has 0 heterocycles. The molecule has 2 aromatic carbocycles. The lowest BCUT2D eigenvalue weighted by molar-refractivity contribution is -0.145. The van der Waals surface area contributed by atoms with Crippen molar-refractivity contribution < 1.29 is 29.2 Å². The molecule has 0 saturated carbocycles. The van der Waals surface area contributed by atoms with Gasteiger partial charge in [-0.15, -0.1) is 0 Å². The van der Waals surface area contributed by atoms with Crippen molar-refractivity contribution in [3.05, 3.63) is 52.5 Å². The molecule has 2 atom stereocenters. The molecule has 2 aromatic rings. The summed E-state index contributed by atoms with van der Waals surface area (Å²) in [4.78, 5) is 11.5. The Bertz CT molecular complexity index is 827. The molecule has 0 unspecified atom stereocenters. The van der Waals surface area contributed by atoms with E-state index in [9.17, 15) is 15.0 Å². The maximum absolute atomic E-state index is 11.5. The molecule has 0 aliphatic heterocycles. The fraction of sp³-hybridized carbons (Fsp3) is 0.409. The summed E-state index contributed by atoms with van der Waals surface area (Å²) in [7, 11) is 1.55. The van der Waals surface area contributed by atoms with Crippen LogP contribution >= 0.6 is 11.6 Å². The second-order valence-corrected chi connectivity index (χ2v) is 7.12. The summed E-state index contributed by atoms with van der Waals surface area (Å²) in [5.74, 6) is 0.619. The zero-order chi connectivity index (χ0) is 22.1. The number of ether oxygens (including phenoxy) is 3. The number of phenols is 1. The Morgan fingerprint density at radius 1 is 1.20 bits per heavy atom. The van der Waals surface area contributed by atoms with Gasteiger partial charge < -0.3 is 29.7 Å². The number of hydrogen-bond donors (Lipinski definition) is 3. The predicted octanol–water partition coefficient (Wildman–Crippen LogP) is 3.25.